The van der Waals surface area contributed by atoms with Gasteiger partial charge >= 0.3 is 0 Å². The molecular weight excluding hydrogens is 305 g/mol. The Morgan fingerprint density at radius 3 is 2.75 bits per heavy atom. The maximum absolute atomic E-state index is 13.7. The van der Waals surface area contributed by atoms with Gasteiger partial charge in [0.25, 0.3) is 0 Å². The quantitative estimate of drug-likeness (QED) is 0.851. The number of likely N-dealkylation sites (N-methyl/N-ethyl adjacent to an activating group) is 1. The number of amides is 1. The lowest BCUT2D eigenvalue weighted by Gasteiger charge is -2.36. The number of carbonyl (C=O) groups excluding carboxylic acids is 1. The summed E-state index contributed by atoms with van der Waals surface area (Å²) in [6.45, 7) is 6.45. The maximum Gasteiger partial charge on any atom is 0.237 e. The van der Waals surface area contributed by atoms with Gasteiger partial charge in [-0.3, -0.25) is 4.79 Å². The highest BCUT2D eigenvalue weighted by Crippen LogP contribution is 2.47. The van der Waals surface area contributed by atoms with Crippen molar-refractivity contribution >= 4 is 11.6 Å². The standard InChI is InChI=1S/C19H28FN3O/c1-18(2)13-19(9-6-10-22(19)17(24)12-21(3)4)14-23(18)16-8-5-7-15(20)11-16/h5,7-8,11H,6,9-10,12-14H2,1-4H3. The normalized spacial score (nSPS) is 25.9. The SMILES string of the molecule is CN(C)CC(=O)N1CCCC12CN(c1cccc(F)c1)C(C)(C)C2. The van der Waals surface area contributed by atoms with Gasteiger partial charge in [-0.1, -0.05) is 6.07 Å². The van der Waals surface area contributed by atoms with Gasteiger partial charge in [-0.25, -0.2) is 4.39 Å². The van der Waals surface area contributed by atoms with Crippen LogP contribution in [0.2, 0.25) is 0 Å². The van der Waals surface area contributed by atoms with E-state index in [0.29, 0.717) is 6.54 Å². The van der Waals surface area contributed by atoms with Crippen molar-refractivity contribution in [1.29, 1.82) is 0 Å². The number of carbonyl (C=O) groups is 1. The number of benzene rings is 1. The molecule has 2 aliphatic rings. The van der Waals surface area contributed by atoms with Gasteiger partial charge in [0.1, 0.15) is 5.82 Å². The van der Waals surface area contributed by atoms with Crippen LogP contribution in [0.25, 0.3) is 0 Å². The molecule has 0 N–H and O–H groups in total. The molecule has 0 aliphatic carbocycles. The molecule has 0 saturated carbocycles. The topological polar surface area (TPSA) is 26.8 Å². The molecule has 1 unspecified atom stereocenters. The molecule has 2 aliphatic heterocycles. The molecule has 2 heterocycles. The van der Waals surface area contributed by atoms with Crippen molar-refractivity contribution in [2.45, 2.75) is 44.2 Å². The van der Waals surface area contributed by atoms with Gasteiger partial charge < -0.3 is 14.7 Å². The van der Waals surface area contributed by atoms with E-state index in [2.05, 4.69) is 23.6 Å². The number of nitrogens with zero attached hydrogens (tertiary/aromatic N) is 3. The molecule has 132 valence electrons. The van der Waals surface area contributed by atoms with Gasteiger partial charge in [0, 0.05) is 24.3 Å². The molecule has 0 bridgehead atoms. The maximum atomic E-state index is 13.7. The van der Waals surface area contributed by atoms with Crippen LogP contribution in [0.1, 0.15) is 33.1 Å². The van der Waals surface area contributed by atoms with Crippen LogP contribution in [0.4, 0.5) is 10.1 Å². The minimum absolute atomic E-state index is 0.102. The van der Waals surface area contributed by atoms with Crippen molar-refractivity contribution in [3.05, 3.63) is 30.1 Å². The van der Waals surface area contributed by atoms with Crippen LogP contribution in [0.5, 0.6) is 0 Å². The Labute approximate surface area is 144 Å². The predicted molar refractivity (Wildman–Crippen MR) is 94.7 cm³/mol. The zero-order valence-electron chi connectivity index (χ0n) is 15.2. The molecule has 1 amide bonds. The Kier molecular flexibility index (Phi) is 4.32. The summed E-state index contributed by atoms with van der Waals surface area (Å²) in [6, 6.07) is 6.80. The highest BCUT2D eigenvalue weighted by atomic mass is 19.1. The summed E-state index contributed by atoms with van der Waals surface area (Å²) >= 11 is 0. The van der Waals surface area contributed by atoms with Crippen molar-refractivity contribution in [1.82, 2.24) is 9.80 Å². The minimum Gasteiger partial charge on any atom is -0.364 e. The molecule has 0 radical (unpaired) electrons. The number of halogens is 1. The van der Waals surface area contributed by atoms with Crippen molar-refractivity contribution < 1.29 is 9.18 Å². The van der Waals surface area contributed by atoms with Crippen molar-refractivity contribution in [3.63, 3.8) is 0 Å². The Bertz CT molecular complexity index is 631. The summed E-state index contributed by atoms with van der Waals surface area (Å²) in [5.41, 5.74) is 0.682. The van der Waals surface area contributed by atoms with E-state index in [1.54, 1.807) is 12.1 Å². The second-order valence-corrected chi connectivity index (χ2v) is 8.17. The van der Waals surface area contributed by atoms with Crippen LogP contribution < -0.4 is 4.90 Å². The largest absolute Gasteiger partial charge is 0.364 e. The first-order valence-electron chi connectivity index (χ1n) is 8.72. The molecular formula is C19H28FN3O. The van der Waals surface area contributed by atoms with Gasteiger partial charge in [0.05, 0.1) is 12.1 Å². The van der Waals surface area contributed by atoms with Crippen LogP contribution in [0.15, 0.2) is 24.3 Å². The summed E-state index contributed by atoms with van der Waals surface area (Å²) in [7, 11) is 3.86. The molecule has 24 heavy (non-hydrogen) atoms. The monoisotopic (exact) mass is 333 g/mol. The molecule has 1 aromatic carbocycles. The van der Waals surface area contributed by atoms with Gasteiger partial charge in [0.15, 0.2) is 0 Å². The number of anilines is 1. The summed E-state index contributed by atoms with van der Waals surface area (Å²) in [5, 5.41) is 0. The molecule has 2 fully saturated rings. The molecule has 0 aromatic heterocycles. The fraction of sp³-hybridized carbons (Fsp3) is 0.632. The number of hydrogen-bond acceptors (Lipinski definition) is 3. The van der Waals surface area contributed by atoms with E-state index in [1.807, 2.05) is 25.1 Å². The van der Waals surface area contributed by atoms with E-state index in [0.717, 1.165) is 38.0 Å². The molecule has 5 heteroatoms. The molecule has 4 nitrogen and oxygen atoms in total. The highest BCUT2D eigenvalue weighted by molar-refractivity contribution is 5.80. The van der Waals surface area contributed by atoms with Crippen molar-refractivity contribution in [3.8, 4) is 0 Å². The highest BCUT2D eigenvalue weighted by Gasteiger charge is 2.54. The third kappa shape index (κ3) is 3.02. The van der Waals surface area contributed by atoms with Gasteiger partial charge in [-0.15, -0.1) is 0 Å². The summed E-state index contributed by atoms with van der Waals surface area (Å²) in [5.74, 6) is -0.00870. The predicted octanol–water partition coefficient (Wildman–Crippen LogP) is 2.74. The van der Waals surface area contributed by atoms with Crippen LogP contribution in [0.3, 0.4) is 0 Å². The molecule has 2 saturated heterocycles. The molecule has 1 spiro atoms. The fourth-order valence-electron chi connectivity index (χ4n) is 4.58. The van der Waals surface area contributed by atoms with E-state index in [-0.39, 0.29) is 22.8 Å². The second-order valence-electron chi connectivity index (χ2n) is 8.17. The van der Waals surface area contributed by atoms with Crippen molar-refractivity contribution in [2.75, 3.05) is 38.6 Å². The average Bonchev–Trinajstić information content (AvgIpc) is 2.98. The minimum atomic E-state index is -0.212. The summed E-state index contributed by atoms with van der Waals surface area (Å²) in [6.07, 6.45) is 3.00. The Morgan fingerprint density at radius 1 is 1.33 bits per heavy atom. The number of rotatable bonds is 3. The Balaban J connectivity index is 1.88. The average molecular weight is 333 g/mol. The lowest BCUT2D eigenvalue weighted by molar-refractivity contribution is -0.135. The van der Waals surface area contributed by atoms with Gasteiger partial charge in [-0.05, 0) is 65.4 Å². The second kappa shape index (κ2) is 6.03. The third-order valence-electron chi connectivity index (χ3n) is 5.41. The van der Waals surface area contributed by atoms with Crippen LogP contribution in [-0.4, -0.2) is 60.5 Å². The number of likely N-dealkylation sites (tertiary alicyclic amines) is 1. The van der Waals surface area contributed by atoms with E-state index >= 15 is 0 Å². The van der Waals surface area contributed by atoms with Crippen LogP contribution in [0, 0.1) is 5.82 Å². The summed E-state index contributed by atoms with van der Waals surface area (Å²) < 4.78 is 13.7. The Morgan fingerprint density at radius 2 is 2.08 bits per heavy atom. The molecule has 1 atom stereocenters. The molecule has 1 aromatic rings. The van der Waals surface area contributed by atoms with E-state index < -0.39 is 0 Å². The zero-order chi connectivity index (χ0) is 17.5. The summed E-state index contributed by atoms with van der Waals surface area (Å²) in [4.78, 5) is 19.0. The van der Waals surface area contributed by atoms with E-state index in [4.69, 9.17) is 0 Å². The first kappa shape index (κ1) is 17.2. The molecule has 3 rings (SSSR count). The van der Waals surface area contributed by atoms with Crippen molar-refractivity contribution in [2.24, 2.45) is 0 Å². The fourth-order valence-corrected chi connectivity index (χ4v) is 4.58. The zero-order valence-corrected chi connectivity index (χ0v) is 15.2. The first-order valence-corrected chi connectivity index (χ1v) is 8.72. The lowest BCUT2D eigenvalue weighted by Crippen LogP contribution is -2.51. The van der Waals surface area contributed by atoms with Gasteiger partial charge in [-0.2, -0.15) is 0 Å². The lowest BCUT2D eigenvalue weighted by atomic mass is 9.87. The number of hydrogen-bond donors (Lipinski definition) is 0. The smallest absolute Gasteiger partial charge is 0.237 e. The van der Waals surface area contributed by atoms with E-state index in [9.17, 15) is 9.18 Å². The third-order valence-corrected chi connectivity index (χ3v) is 5.41. The van der Waals surface area contributed by atoms with Gasteiger partial charge in [0.2, 0.25) is 5.91 Å². The van der Waals surface area contributed by atoms with Crippen LogP contribution >= 0.6 is 0 Å². The Hall–Kier alpha value is -1.62. The van der Waals surface area contributed by atoms with Crippen LogP contribution in [-0.2, 0) is 4.79 Å². The van der Waals surface area contributed by atoms with E-state index in [1.165, 1.54) is 6.07 Å². The first-order chi connectivity index (χ1) is 11.2.